The highest BCUT2D eigenvalue weighted by molar-refractivity contribution is 5.88. The van der Waals surface area contributed by atoms with Crippen molar-refractivity contribution in [3.63, 3.8) is 0 Å². The number of hydrogen-bond acceptors (Lipinski definition) is 5. The molecule has 0 aromatic heterocycles. The molecule has 0 aliphatic rings. The van der Waals surface area contributed by atoms with Crippen molar-refractivity contribution in [3.05, 3.63) is 39.7 Å². The quantitative estimate of drug-likeness (QED) is 0.359. The first-order valence-electron chi connectivity index (χ1n) is 6.02. The average molecular weight is 283 g/mol. The maximum atomic E-state index is 13.6. The number of halogens is 1. The van der Waals surface area contributed by atoms with Crippen LogP contribution in [-0.2, 0) is 14.3 Å². The second-order valence-electron chi connectivity index (χ2n) is 4.22. The van der Waals surface area contributed by atoms with Gasteiger partial charge in [-0.25, -0.2) is 0 Å². The van der Waals surface area contributed by atoms with Crippen molar-refractivity contribution in [1.29, 1.82) is 0 Å². The molecule has 20 heavy (non-hydrogen) atoms. The van der Waals surface area contributed by atoms with E-state index in [1.54, 1.807) is 0 Å². The van der Waals surface area contributed by atoms with Crippen LogP contribution in [0.2, 0.25) is 0 Å². The van der Waals surface area contributed by atoms with E-state index in [9.17, 15) is 24.1 Å². The molecule has 0 aliphatic heterocycles. The minimum absolute atomic E-state index is 0.251. The Hall–Kier alpha value is -2.31. The third-order valence-corrected chi connectivity index (χ3v) is 2.68. The Morgan fingerprint density at radius 2 is 2.10 bits per heavy atom. The first-order valence-corrected chi connectivity index (χ1v) is 6.02. The molecule has 0 N–H and O–H groups in total. The van der Waals surface area contributed by atoms with Gasteiger partial charge < -0.3 is 4.74 Å². The second kappa shape index (κ2) is 6.74. The Morgan fingerprint density at radius 3 is 2.55 bits per heavy atom. The number of carbonyl (C=O) groups excluding carboxylic acids is 2. The Morgan fingerprint density at radius 1 is 1.45 bits per heavy atom. The minimum Gasteiger partial charge on any atom is -0.393 e. The number of benzene rings is 1. The van der Waals surface area contributed by atoms with Crippen molar-refractivity contribution in [3.8, 4) is 0 Å². The van der Waals surface area contributed by atoms with E-state index in [1.807, 2.05) is 6.92 Å². The van der Waals surface area contributed by atoms with Crippen LogP contribution >= 0.6 is 0 Å². The molecule has 0 saturated heterocycles. The SMILES string of the molecule is CCCC(C(=O)OC(C)=O)c1ccc([N+](=O)[O-])c(F)c1. The highest BCUT2D eigenvalue weighted by Gasteiger charge is 2.25. The number of ether oxygens (including phenoxy) is 1. The fourth-order valence-electron chi connectivity index (χ4n) is 1.81. The zero-order valence-corrected chi connectivity index (χ0v) is 11.1. The molecule has 1 atom stereocenters. The smallest absolute Gasteiger partial charge is 0.321 e. The van der Waals surface area contributed by atoms with Crippen molar-refractivity contribution in [2.75, 3.05) is 0 Å². The molecule has 108 valence electrons. The van der Waals surface area contributed by atoms with E-state index in [-0.39, 0.29) is 5.56 Å². The molecule has 1 aromatic rings. The molecule has 0 aliphatic carbocycles. The molecule has 0 fully saturated rings. The summed E-state index contributed by atoms with van der Waals surface area (Å²) in [6.07, 6.45) is 0.958. The highest BCUT2D eigenvalue weighted by Crippen LogP contribution is 2.27. The third-order valence-electron chi connectivity index (χ3n) is 2.68. The van der Waals surface area contributed by atoms with Crippen molar-refractivity contribution in [2.24, 2.45) is 0 Å². The maximum absolute atomic E-state index is 13.6. The van der Waals surface area contributed by atoms with Crippen LogP contribution in [0.15, 0.2) is 18.2 Å². The number of hydrogen-bond donors (Lipinski definition) is 0. The van der Waals surface area contributed by atoms with Crippen molar-refractivity contribution in [2.45, 2.75) is 32.6 Å². The van der Waals surface area contributed by atoms with Gasteiger partial charge in [-0.05, 0) is 18.1 Å². The van der Waals surface area contributed by atoms with Gasteiger partial charge in [0.2, 0.25) is 5.82 Å². The van der Waals surface area contributed by atoms with Crippen molar-refractivity contribution < 1.29 is 23.6 Å². The fraction of sp³-hybridized carbons (Fsp3) is 0.385. The van der Waals surface area contributed by atoms with Gasteiger partial charge in [-0.1, -0.05) is 19.4 Å². The van der Waals surface area contributed by atoms with Crippen LogP contribution in [0, 0.1) is 15.9 Å². The van der Waals surface area contributed by atoms with E-state index in [0.29, 0.717) is 12.8 Å². The Balaban J connectivity index is 3.09. The fourth-order valence-corrected chi connectivity index (χ4v) is 1.81. The van der Waals surface area contributed by atoms with Crippen LogP contribution in [0.4, 0.5) is 10.1 Å². The van der Waals surface area contributed by atoms with Crippen molar-refractivity contribution in [1.82, 2.24) is 0 Å². The van der Waals surface area contributed by atoms with Crippen LogP contribution in [-0.4, -0.2) is 16.9 Å². The Bertz CT molecular complexity index is 544. The summed E-state index contributed by atoms with van der Waals surface area (Å²) in [5, 5.41) is 10.5. The summed E-state index contributed by atoms with van der Waals surface area (Å²) in [5.41, 5.74) is -0.412. The summed E-state index contributed by atoms with van der Waals surface area (Å²) in [6, 6.07) is 3.22. The average Bonchev–Trinajstić information content (AvgIpc) is 2.34. The first kappa shape index (κ1) is 15.7. The molecule has 0 heterocycles. The summed E-state index contributed by atoms with van der Waals surface area (Å²) in [5.74, 6) is -3.38. The lowest BCUT2D eigenvalue weighted by atomic mass is 9.94. The largest absolute Gasteiger partial charge is 0.393 e. The molecule has 6 nitrogen and oxygen atoms in total. The van der Waals surface area contributed by atoms with Crippen LogP contribution in [0.1, 0.15) is 38.2 Å². The monoisotopic (exact) mass is 283 g/mol. The van der Waals surface area contributed by atoms with Crippen LogP contribution < -0.4 is 0 Å². The molecule has 0 saturated carbocycles. The zero-order chi connectivity index (χ0) is 15.3. The van der Waals surface area contributed by atoms with Crippen LogP contribution in [0.5, 0.6) is 0 Å². The van der Waals surface area contributed by atoms with E-state index in [4.69, 9.17) is 0 Å². The van der Waals surface area contributed by atoms with Crippen LogP contribution in [0.25, 0.3) is 0 Å². The normalized spacial score (nSPS) is 11.8. The lowest BCUT2D eigenvalue weighted by Gasteiger charge is -2.14. The van der Waals surface area contributed by atoms with Gasteiger partial charge in [0.25, 0.3) is 0 Å². The van der Waals surface area contributed by atoms with Gasteiger partial charge in [0, 0.05) is 13.0 Å². The first-order chi connectivity index (χ1) is 9.36. The molecule has 1 unspecified atom stereocenters. The van der Waals surface area contributed by atoms with Gasteiger partial charge in [-0.3, -0.25) is 19.7 Å². The van der Waals surface area contributed by atoms with Gasteiger partial charge in [0.05, 0.1) is 10.8 Å². The predicted octanol–water partition coefficient (Wildman–Crippen LogP) is 2.71. The standard InChI is InChI=1S/C13H14FNO5/c1-3-4-10(13(17)20-8(2)16)9-5-6-12(15(18)19)11(14)7-9/h5-7,10H,3-4H2,1-2H3. The maximum Gasteiger partial charge on any atom is 0.321 e. The number of nitro benzene ring substituents is 1. The number of esters is 2. The number of nitro groups is 1. The molecule has 0 amide bonds. The van der Waals surface area contributed by atoms with E-state index in [0.717, 1.165) is 19.1 Å². The zero-order valence-electron chi connectivity index (χ0n) is 11.1. The van der Waals surface area contributed by atoms with Gasteiger partial charge in [0.1, 0.15) is 0 Å². The lowest BCUT2D eigenvalue weighted by Crippen LogP contribution is -2.18. The second-order valence-corrected chi connectivity index (χ2v) is 4.22. The molecule has 1 aromatic carbocycles. The van der Waals surface area contributed by atoms with E-state index in [2.05, 4.69) is 4.74 Å². The third kappa shape index (κ3) is 3.84. The topological polar surface area (TPSA) is 86.5 Å². The molecular formula is C13H14FNO5. The van der Waals surface area contributed by atoms with E-state index < -0.39 is 34.3 Å². The predicted molar refractivity (Wildman–Crippen MR) is 67.5 cm³/mol. The summed E-state index contributed by atoms with van der Waals surface area (Å²) in [4.78, 5) is 32.3. The summed E-state index contributed by atoms with van der Waals surface area (Å²) < 4.78 is 18.1. The molecule has 1 rings (SSSR count). The number of rotatable bonds is 5. The Kier molecular flexibility index (Phi) is 5.31. The summed E-state index contributed by atoms with van der Waals surface area (Å²) in [7, 11) is 0. The summed E-state index contributed by atoms with van der Waals surface area (Å²) in [6.45, 7) is 2.91. The molecule has 0 bridgehead atoms. The lowest BCUT2D eigenvalue weighted by molar-refractivity contribution is -0.387. The van der Waals surface area contributed by atoms with E-state index >= 15 is 0 Å². The molecular weight excluding hydrogens is 269 g/mol. The molecule has 0 radical (unpaired) electrons. The van der Waals surface area contributed by atoms with Gasteiger partial charge >= 0.3 is 17.6 Å². The van der Waals surface area contributed by atoms with Crippen molar-refractivity contribution >= 4 is 17.6 Å². The van der Waals surface area contributed by atoms with Gasteiger partial charge in [-0.2, -0.15) is 4.39 Å². The highest BCUT2D eigenvalue weighted by atomic mass is 19.1. The van der Waals surface area contributed by atoms with Crippen LogP contribution in [0.3, 0.4) is 0 Å². The molecule has 7 heteroatoms. The molecule has 0 spiro atoms. The van der Waals surface area contributed by atoms with Gasteiger partial charge in [-0.15, -0.1) is 0 Å². The van der Waals surface area contributed by atoms with E-state index in [1.165, 1.54) is 6.07 Å². The Labute approximate surface area is 114 Å². The summed E-state index contributed by atoms with van der Waals surface area (Å²) >= 11 is 0. The number of nitrogens with zero attached hydrogens (tertiary/aromatic N) is 1. The number of carbonyl (C=O) groups is 2. The van der Waals surface area contributed by atoms with Gasteiger partial charge in [0.15, 0.2) is 0 Å². The minimum atomic E-state index is -1.02.